The lowest BCUT2D eigenvalue weighted by Crippen LogP contribution is -2.34. The lowest BCUT2D eigenvalue weighted by Gasteiger charge is -2.32. The van der Waals surface area contributed by atoms with Crippen molar-refractivity contribution >= 4 is 0 Å². The van der Waals surface area contributed by atoms with Gasteiger partial charge in [-0.15, -0.1) is 0 Å². The number of rotatable bonds is 8. The number of aryl methyl sites for hydroxylation is 2. The summed E-state index contributed by atoms with van der Waals surface area (Å²) >= 11 is 0. The van der Waals surface area contributed by atoms with E-state index in [0.29, 0.717) is 6.04 Å². The van der Waals surface area contributed by atoms with Crippen LogP contribution in [-0.2, 0) is 0 Å². The third kappa shape index (κ3) is 4.82. The molecule has 1 atom stereocenters. The number of benzene rings is 1. The number of hydrogen-bond donors (Lipinski definition) is 1. The van der Waals surface area contributed by atoms with E-state index < -0.39 is 0 Å². The lowest BCUT2D eigenvalue weighted by molar-refractivity contribution is 0.178. The lowest BCUT2D eigenvalue weighted by atomic mass is 9.85. The second kappa shape index (κ2) is 7.95. The molecule has 1 unspecified atom stereocenters. The summed E-state index contributed by atoms with van der Waals surface area (Å²) in [5.41, 5.74) is 4.17. The Morgan fingerprint density at radius 3 is 2.33 bits per heavy atom. The molecule has 0 radical (unpaired) electrons. The Morgan fingerprint density at radius 1 is 1.19 bits per heavy atom. The van der Waals surface area contributed by atoms with E-state index >= 15 is 0 Å². The Bertz CT molecular complexity index is 417. The van der Waals surface area contributed by atoms with Crippen molar-refractivity contribution in [3.05, 3.63) is 34.9 Å². The van der Waals surface area contributed by atoms with Crippen LogP contribution in [0.3, 0.4) is 0 Å². The second-order valence-corrected chi connectivity index (χ2v) is 6.74. The van der Waals surface area contributed by atoms with Crippen LogP contribution in [0.25, 0.3) is 0 Å². The van der Waals surface area contributed by atoms with Crippen molar-refractivity contribution in [1.29, 1.82) is 0 Å². The monoisotopic (exact) mass is 288 g/mol. The minimum Gasteiger partial charge on any atom is -0.313 e. The fourth-order valence-electron chi connectivity index (χ4n) is 3.42. The molecule has 0 spiro atoms. The third-order valence-electron chi connectivity index (χ3n) is 4.92. The summed E-state index contributed by atoms with van der Waals surface area (Å²) in [7, 11) is 2.09. The molecular weight excluding hydrogens is 256 g/mol. The van der Waals surface area contributed by atoms with Gasteiger partial charge in [-0.05, 0) is 64.7 Å². The van der Waals surface area contributed by atoms with E-state index in [4.69, 9.17) is 0 Å². The van der Waals surface area contributed by atoms with Crippen molar-refractivity contribution in [2.45, 2.75) is 52.5 Å². The van der Waals surface area contributed by atoms with E-state index in [0.717, 1.165) is 5.92 Å². The number of nitrogens with one attached hydrogen (secondary N) is 1. The molecule has 2 heteroatoms. The highest BCUT2D eigenvalue weighted by Crippen LogP contribution is 2.27. The van der Waals surface area contributed by atoms with Gasteiger partial charge in [0.05, 0.1) is 0 Å². The van der Waals surface area contributed by atoms with Crippen LogP contribution < -0.4 is 5.32 Å². The van der Waals surface area contributed by atoms with Gasteiger partial charge in [0.25, 0.3) is 0 Å². The van der Waals surface area contributed by atoms with Gasteiger partial charge in [0.15, 0.2) is 0 Å². The zero-order valence-electron chi connectivity index (χ0n) is 14.3. The van der Waals surface area contributed by atoms with Gasteiger partial charge in [-0.1, -0.05) is 42.7 Å². The average molecular weight is 288 g/mol. The molecule has 0 aliphatic heterocycles. The molecule has 118 valence electrons. The van der Waals surface area contributed by atoms with Gasteiger partial charge < -0.3 is 10.2 Å². The first-order valence-corrected chi connectivity index (χ1v) is 8.60. The van der Waals surface area contributed by atoms with Crippen molar-refractivity contribution < 1.29 is 0 Å². The zero-order valence-corrected chi connectivity index (χ0v) is 14.3. The van der Waals surface area contributed by atoms with E-state index in [2.05, 4.69) is 56.2 Å². The van der Waals surface area contributed by atoms with E-state index in [1.807, 2.05) is 0 Å². The molecule has 2 rings (SSSR count). The Hall–Kier alpha value is -0.860. The first-order chi connectivity index (χ1) is 10.1. The van der Waals surface area contributed by atoms with Gasteiger partial charge in [-0.25, -0.2) is 0 Å². The molecule has 0 bridgehead atoms. The first-order valence-electron chi connectivity index (χ1n) is 8.60. The predicted octanol–water partition coefficient (Wildman–Crippen LogP) is 4.08. The summed E-state index contributed by atoms with van der Waals surface area (Å²) in [4.78, 5) is 2.64. The van der Waals surface area contributed by atoms with Crippen LogP contribution in [-0.4, -0.2) is 31.6 Å². The molecule has 1 aliphatic rings. The van der Waals surface area contributed by atoms with Crippen LogP contribution in [0.2, 0.25) is 0 Å². The van der Waals surface area contributed by atoms with E-state index in [9.17, 15) is 0 Å². The van der Waals surface area contributed by atoms with Crippen molar-refractivity contribution in [2.75, 3.05) is 26.7 Å². The smallest absolute Gasteiger partial charge is 0.0329 e. The topological polar surface area (TPSA) is 15.3 Å². The Balaban J connectivity index is 1.91. The fourth-order valence-corrected chi connectivity index (χ4v) is 3.42. The van der Waals surface area contributed by atoms with Crippen LogP contribution in [0.15, 0.2) is 18.2 Å². The molecule has 0 heterocycles. The molecule has 1 aromatic carbocycles. The van der Waals surface area contributed by atoms with Gasteiger partial charge in [0.2, 0.25) is 0 Å². The second-order valence-electron chi connectivity index (χ2n) is 6.74. The fraction of sp³-hybridized carbons (Fsp3) is 0.684. The molecule has 1 N–H and O–H groups in total. The molecular formula is C19H32N2. The van der Waals surface area contributed by atoms with Crippen molar-refractivity contribution in [3.63, 3.8) is 0 Å². The molecule has 1 aromatic rings. The highest BCUT2D eigenvalue weighted by molar-refractivity contribution is 5.30. The minimum atomic E-state index is 0.471. The zero-order chi connectivity index (χ0) is 15.2. The Labute approximate surface area is 130 Å². The predicted molar refractivity (Wildman–Crippen MR) is 91.8 cm³/mol. The molecule has 1 fully saturated rings. The summed E-state index contributed by atoms with van der Waals surface area (Å²) in [6, 6.07) is 7.39. The third-order valence-corrected chi connectivity index (χ3v) is 4.92. The van der Waals surface area contributed by atoms with Crippen LogP contribution >= 0.6 is 0 Å². The first kappa shape index (κ1) is 16.5. The van der Waals surface area contributed by atoms with Gasteiger partial charge in [-0.3, -0.25) is 0 Å². The normalized spacial score (nSPS) is 17.0. The van der Waals surface area contributed by atoms with E-state index in [1.54, 1.807) is 0 Å². The van der Waals surface area contributed by atoms with Crippen LogP contribution in [0.1, 0.15) is 55.3 Å². The molecule has 0 aromatic heterocycles. The maximum absolute atomic E-state index is 3.51. The van der Waals surface area contributed by atoms with Crippen LogP contribution in [0, 0.1) is 19.8 Å². The maximum Gasteiger partial charge on any atom is 0.0329 e. The molecule has 2 nitrogen and oxygen atoms in total. The molecule has 1 aliphatic carbocycles. The van der Waals surface area contributed by atoms with Gasteiger partial charge in [0, 0.05) is 12.6 Å². The molecule has 21 heavy (non-hydrogen) atoms. The highest BCUT2D eigenvalue weighted by atomic mass is 15.1. The highest BCUT2D eigenvalue weighted by Gasteiger charge is 2.20. The van der Waals surface area contributed by atoms with E-state index in [1.165, 1.54) is 62.0 Å². The van der Waals surface area contributed by atoms with Crippen LogP contribution in [0.4, 0.5) is 0 Å². The maximum atomic E-state index is 3.51. The summed E-state index contributed by atoms with van der Waals surface area (Å²) in [6.07, 6.45) is 5.54. The van der Waals surface area contributed by atoms with Gasteiger partial charge >= 0.3 is 0 Å². The summed E-state index contributed by atoms with van der Waals surface area (Å²) < 4.78 is 0. The summed E-state index contributed by atoms with van der Waals surface area (Å²) in [6.45, 7) is 10.4. The standard InChI is InChI=1S/C19H32N2/c1-5-21(14-17-7-6-8-17)10-9-19(20-4)18-12-15(2)11-16(3)13-18/h11-13,17,19-20H,5-10,14H2,1-4H3. The minimum absolute atomic E-state index is 0.471. The summed E-state index contributed by atoms with van der Waals surface area (Å²) in [5.74, 6) is 0.971. The summed E-state index contributed by atoms with van der Waals surface area (Å²) in [5, 5.41) is 3.51. The quantitative estimate of drug-likeness (QED) is 0.775. The molecule has 0 saturated heterocycles. The van der Waals surface area contributed by atoms with Crippen molar-refractivity contribution in [3.8, 4) is 0 Å². The Kier molecular flexibility index (Phi) is 6.25. The largest absolute Gasteiger partial charge is 0.313 e. The molecule has 1 saturated carbocycles. The van der Waals surface area contributed by atoms with E-state index in [-0.39, 0.29) is 0 Å². The molecule has 0 amide bonds. The van der Waals surface area contributed by atoms with Crippen LogP contribution in [0.5, 0.6) is 0 Å². The Morgan fingerprint density at radius 2 is 1.86 bits per heavy atom. The van der Waals surface area contributed by atoms with Gasteiger partial charge in [-0.2, -0.15) is 0 Å². The number of nitrogens with zero attached hydrogens (tertiary/aromatic N) is 1. The van der Waals surface area contributed by atoms with Crippen molar-refractivity contribution in [1.82, 2.24) is 10.2 Å². The van der Waals surface area contributed by atoms with Crippen molar-refractivity contribution in [2.24, 2.45) is 5.92 Å². The average Bonchev–Trinajstić information content (AvgIpc) is 2.39. The SMILES string of the molecule is CCN(CCC(NC)c1cc(C)cc(C)c1)CC1CCC1. The van der Waals surface area contributed by atoms with Gasteiger partial charge in [0.1, 0.15) is 0 Å². The number of hydrogen-bond acceptors (Lipinski definition) is 2.